The van der Waals surface area contributed by atoms with Gasteiger partial charge in [0, 0.05) is 12.8 Å². The lowest BCUT2D eigenvalue weighted by Crippen LogP contribution is -2.53. The lowest BCUT2D eigenvalue weighted by Gasteiger charge is -2.29. The van der Waals surface area contributed by atoms with E-state index in [1.807, 2.05) is 22.6 Å². The van der Waals surface area contributed by atoms with E-state index in [1.54, 1.807) is 18.2 Å². The number of ether oxygens (including phenoxy) is 1. The fraction of sp³-hybridized carbons (Fsp3) is 0.333. The Bertz CT molecular complexity index is 645. The summed E-state index contributed by atoms with van der Waals surface area (Å²) >= 11 is 1.92. The molecule has 0 radical (unpaired) electrons. The number of amides is 1. The minimum atomic E-state index is -1.24. The van der Waals surface area contributed by atoms with Crippen LogP contribution in [0.4, 0.5) is 0 Å². The van der Waals surface area contributed by atoms with Crippen LogP contribution in [0.25, 0.3) is 0 Å². The molecular weight excluding hydrogens is 412 g/mol. The van der Waals surface area contributed by atoms with Crippen LogP contribution in [0.3, 0.4) is 0 Å². The fourth-order valence-corrected chi connectivity index (χ4v) is 2.58. The zero-order valence-electron chi connectivity index (χ0n) is 12.3. The quantitative estimate of drug-likeness (QED) is 0.242. The third-order valence-corrected chi connectivity index (χ3v) is 3.68. The topological polar surface area (TPSA) is 84.9 Å². The first-order valence-electron chi connectivity index (χ1n) is 6.99. The number of hydrogen-bond donors (Lipinski definition) is 2. The molecular formula is C15H15BINO5. The predicted octanol–water partition coefficient (Wildman–Crippen LogP) is 1.09. The van der Waals surface area contributed by atoms with E-state index in [2.05, 4.69) is 11.2 Å². The Balaban J connectivity index is 2.14. The average Bonchev–Trinajstić information content (AvgIpc) is 2.53. The van der Waals surface area contributed by atoms with Gasteiger partial charge in [-0.05, 0) is 40.6 Å². The predicted molar refractivity (Wildman–Crippen MR) is 93.0 cm³/mol. The fourth-order valence-electron chi connectivity index (χ4n) is 2.30. The van der Waals surface area contributed by atoms with Crippen molar-refractivity contribution in [2.24, 2.45) is 0 Å². The summed E-state index contributed by atoms with van der Waals surface area (Å²) in [5.74, 6) is 1.33. The molecule has 2 rings (SSSR count). The van der Waals surface area contributed by atoms with Gasteiger partial charge in [-0.3, -0.25) is 4.79 Å². The van der Waals surface area contributed by atoms with E-state index in [1.165, 1.54) is 0 Å². The van der Waals surface area contributed by atoms with Crippen molar-refractivity contribution in [3.8, 4) is 18.1 Å². The van der Waals surface area contributed by atoms with Crippen molar-refractivity contribution in [2.45, 2.75) is 25.2 Å². The van der Waals surface area contributed by atoms with Gasteiger partial charge in [0.05, 0.1) is 5.94 Å². The molecule has 0 spiro atoms. The number of alkyl halides is 1. The van der Waals surface area contributed by atoms with Crippen LogP contribution in [0.1, 0.15) is 28.8 Å². The Morgan fingerprint density at radius 1 is 1.57 bits per heavy atom. The molecule has 2 N–H and O–H groups in total. The number of fused-ring (bicyclic) bond motifs is 1. The molecule has 0 saturated carbocycles. The minimum Gasteiger partial charge on any atom is -0.534 e. The molecule has 0 saturated heterocycles. The number of terminal acetylenes is 1. The molecule has 0 fully saturated rings. The Morgan fingerprint density at radius 2 is 2.35 bits per heavy atom. The van der Waals surface area contributed by atoms with Gasteiger partial charge in [-0.25, -0.2) is 4.79 Å². The molecule has 0 aliphatic carbocycles. The standard InChI is InChI=1S/C15H15BINO5/c1-2-3-7-13(19)18-12-8-10-5-4-6-11(15(20)22-9-17)14(10)23-16(12)21/h1,4-6,12,21H,3,7-9H2,(H,18,19)/t12-/m0/s1. The number of benzene rings is 1. The maximum atomic E-state index is 11.9. The average molecular weight is 427 g/mol. The summed E-state index contributed by atoms with van der Waals surface area (Å²) in [6, 6.07) is 5.07. The van der Waals surface area contributed by atoms with Crippen LogP contribution in [0.5, 0.6) is 5.75 Å². The van der Waals surface area contributed by atoms with Crippen molar-refractivity contribution in [1.82, 2.24) is 5.32 Å². The van der Waals surface area contributed by atoms with Crippen LogP contribution in [-0.2, 0) is 16.0 Å². The third kappa shape index (κ3) is 4.39. The van der Waals surface area contributed by atoms with E-state index < -0.39 is 19.0 Å². The molecule has 1 aliphatic heterocycles. The maximum absolute atomic E-state index is 11.9. The Labute approximate surface area is 148 Å². The van der Waals surface area contributed by atoms with Gasteiger partial charge in [0.2, 0.25) is 5.91 Å². The lowest BCUT2D eigenvalue weighted by atomic mass is 9.72. The number of halogens is 1. The second-order valence-electron chi connectivity index (χ2n) is 4.93. The summed E-state index contributed by atoms with van der Waals surface area (Å²) < 4.78 is 10.6. The van der Waals surface area contributed by atoms with Gasteiger partial charge in [0.15, 0.2) is 0 Å². The zero-order valence-corrected chi connectivity index (χ0v) is 14.4. The first-order valence-corrected chi connectivity index (χ1v) is 8.52. The van der Waals surface area contributed by atoms with E-state index in [9.17, 15) is 14.6 Å². The summed E-state index contributed by atoms with van der Waals surface area (Å²) in [7, 11) is -1.24. The van der Waals surface area contributed by atoms with Gasteiger partial charge in [-0.15, -0.1) is 12.3 Å². The van der Waals surface area contributed by atoms with E-state index in [0.29, 0.717) is 18.6 Å². The van der Waals surface area contributed by atoms with Crippen LogP contribution in [0.2, 0.25) is 0 Å². The molecule has 23 heavy (non-hydrogen) atoms. The smallest absolute Gasteiger partial charge is 0.534 e. The number of para-hydroxylation sites is 1. The minimum absolute atomic E-state index is 0.189. The maximum Gasteiger partial charge on any atom is 0.547 e. The van der Waals surface area contributed by atoms with Crippen LogP contribution in [0.15, 0.2) is 18.2 Å². The highest BCUT2D eigenvalue weighted by Crippen LogP contribution is 2.30. The van der Waals surface area contributed by atoms with Crippen molar-refractivity contribution in [2.75, 3.05) is 4.61 Å². The Kier molecular flexibility index (Phi) is 6.30. The molecule has 1 amide bonds. The number of carbonyl (C=O) groups is 2. The second kappa shape index (κ2) is 8.22. The van der Waals surface area contributed by atoms with Crippen LogP contribution in [-0.4, -0.2) is 34.6 Å². The highest BCUT2D eigenvalue weighted by Gasteiger charge is 2.37. The van der Waals surface area contributed by atoms with Gasteiger partial charge in [-0.1, -0.05) is 12.1 Å². The summed E-state index contributed by atoms with van der Waals surface area (Å²) in [6.07, 6.45) is 5.99. The molecule has 1 aromatic carbocycles. The molecule has 6 nitrogen and oxygen atoms in total. The summed E-state index contributed by atoms with van der Waals surface area (Å²) in [4.78, 5) is 23.7. The molecule has 0 unspecified atom stereocenters. The lowest BCUT2D eigenvalue weighted by molar-refractivity contribution is -0.121. The Hall–Kier alpha value is -1.73. The van der Waals surface area contributed by atoms with Crippen molar-refractivity contribution in [3.05, 3.63) is 29.3 Å². The van der Waals surface area contributed by atoms with E-state index in [0.717, 1.165) is 5.56 Å². The van der Waals surface area contributed by atoms with Crippen LogP contribution in [0, 0.1) is 12.3 Å². The van der Waals surface area contributed by atoms with Gasteiger partial charge in [-0.2, -0.15) is 0 Å². The van der Waals surface area contributed by atoms with Crippen LogP contribution < -0.4 is 9.97 Å². The molecule has 120 valence electrons. The number of hydrogen-bond acceptors (Lipinski definition) is 5. The van der Waals surface area contributed by atoms with Gasteiger partial charge < -0.3 is 19.7 Å². The normalized spacial score (nSPS) is 15.9. The SMILES string of the molecule is C#CCCC(=O)N[C@H]1Cc2cccc(C(=O)OCI)c2OB1O. The third-order valence-electron chi connectivity index (χ3n) is 3.37. The molecule has 0 aromatic heterocycles. The van der Waals surface area contributed by atoms with Crippen molar-refractivity contribution >= 4 is 41.6 Å². The molecule has 1 heterocycles. The molecule has 1 aliphatic rings. The first-order chi connectivity index (χ1) is 11.1. The van der Waals surface area contributed by atoms with E-state index in [-0.39, 0.29) is 22.5 Å². The summed E-state index contributed by atoms with van der Waals surface area (Å²) in [5, 5.41) is 12.8. The summed E-state index contributed by atoms with van der Waals surface area (Å²) in [6.45, 7) is 0. The van der Waals surface area contributed by atoms with Gasteiger partial charge in [0.25, 0.3) is 0 Å². The highest BCUT2D eigenvalue weighted by molar-refractivity contribution is 14.1. The highest BCUT2D eigenvalue weighted by atomic mass is 127. The number of carbonyl (C=O) groups excluding carboxylic acids is 2. The van der Waals surface area contributed by atoms with E-state index in [4.69, 9.17) is 15.8 Å². The number of rotatable bonds is 5. The van der Waals surface area contributed by atoms with Crippen molar-refractivity contribution in [3.63, 3.8) is 0 Å². The summed E-state index contributed by atoms with van der Waals surface area (Å²) in [5.41, 5.74) is 0.982. The van der Waals surface area contributed by atoms with E-state index >= 15 is 0 Å². The van der Waals surface area contributed by atoms with Crippen LogP contribution >= 0.6 is 22.6 Å². The van der Waals surface area contributed by atoms with Gasteiger partial charge in [0.1, 0.15) is 15.9 Å². The second-order valence-corrected chi connectivity index (χ2v) is 5.55. The largest absolute Gasteiger partial charge is 0.547 e. The van der Waals surface area contributed by atoms with Crippen molar-refractivity contribution in [1.29, 1.82) is 0 Å². The Morgan fingerprint density at radius 3 is 3.04 bits per heavy atom. The molecule has 1 atom stereocenters. The molecule has 8 heteroatoms. The van der Waals surface area contributed by atoms with Crippen molar-refractivity contribution < 1.29 is 24.0 Å². The molecule has 1 aromatic rings. The first kappa shape index (κ1) is 17.6. The van der Waals surface area contributed by atoms with Gasteiger partial charge >= 0.3 is 13.1 Å². The molecule has 0 bridgehead atoms. The zero-order chi connectivity index (χ0) is 16.8. The number of esters is 1. The number of nitrogens with one attached hydrogen (secondary N) is 1. The monoisotopic (exact) mass is 427 g/mol.